The van der Waals surface area contributed by atoms with E-state index in [0.29, 0.717) is 12.4 Å². The minimum Gasteiger partial charge on any atom is -0.367 e. The second-order valence-corrected chi connectivity index (χ2v) is 7.44. The van der Waals surface area contributed by atoms with Gasteiger partial charge in [-0.2, -0.15) is 5.10 Å². The molecule has 0 saturated carbocycles. The van der Waals surface area contributed by atoms with E-state index in [4.69, 9.17) is 9.84 Å². The maximum Gasteiger partial charge on any atom is 0.251 e. The molecule has 1 aromatic heterocycles. The zero-order valence-corrected chi connectivity index (χ0v) is 16.0. The number of hydrogen-bond donors (Lipinski definition) is 1. The van der Waals surface area contributed by atoms with Crippen molar-refractivity contribution >= 4 is 11.7 Å². The third kappa shape index (κ3) is 5.05. The first kappa shape index (κ1) is 18.9. The summed E-state index contributed by atoms with van der Waals surface area (Å²) in [5, 5.41) is 7.62. The number of anilines is 1. The molecule has 1 N–H and O–H groups in total. The molecule has 27 heavy (non-hydrogen) atoms. The Morgan fingerprint density at radius 1 is 1.04 bits per heavy atom. The van der Waals surface area contributed by atoms with Gasteiger partial charge in [0.1, 0.15) is 12.4 Å². The number of amides is 1. The van der Waals surface area contributed by atoms with E-state index in [-0.39, 0.29) is 17.9 Å². The number of ether oxygens (including phenoxy) is 1. The molecule has 0 spiro atoms. The van der Waals surface area contributed by atoms with E-state index in [0.717, 1.165) is 16.9 Å². The highest BCUT2D eigenvalue weighted by molar-refractivity contribution is 5.91. The highest BCUT2D eigenvalue weighted by Crippen LogP contribution is 2.26. The molecule has 3 rings (SSSR count). The predicted molar refractivity (Wildman–Crippen MR) is 107 cm³/mol. The van der Waals surface area contributed by atoms with Crippen molar-refractivity contribution in [1.82, 2.24) is 9.78 Å². The van der Waals surface area contributed by atoms with Crippen molar-refractivity contribution in [2.45, 2.75) is 32.8 Å². The van der Waals surface area contributed by atoms with Crippen LogP contribution in [-0.2, 0) is 21.6 Å². The SMILES string of the molecule is CC(C)(C)c1cc(NC(=O)COCc2ccccc2)n(-c2ccccc2)n1. The number of carbonyl (C=O) groups excluding carboxylic acids is 1. The van der Waals surface area contributed by atoms with Gasteiger partial charge in [0.15, 0.2) is 0 Å². The summed E-state index contributed by atoms with van der Waals surface area (Å²) in [7, 11) is 0. The van der Waals surface area contributed by atoms with Gasteiger partial charge in [-0.05, 0) is 17.7 Å². The largest absolute Gasteiger partial charge is 0.367 e. The molecule has 140 valence electrons. The monoisotopic (exact) mass is 363 g/mol. The fourth-order valence-corrected chi connectivity index (χ4v) is 2.62. The molecule has 0 fully saturated rings. The van der Waals surface area contributed by atoms with Crippen LogP contribution in [0.4, 0.5) is 5.82 Å². The summed E-state index contributed by atoms with van der Waals surface area (Å²) in [5.74, 6) is 0.433. The Morgan fingerprint density at radius 2 is 1.67 bits per heavy atom. The number of carbonyl (C=O) groups is 1. The van der Waals surface area contributed by atoms with Crippen LogP contribution in [0.15, 0.2) is 66.7 Å². The number of benzene rings is 2. The average molecular weight is 363 g/mol. The van der Waals surface area contributed by atoms with Crippen LogP contribution in [0.1, 0.15) is 32.0 Å². The van der Waals surface area contributed by atoms with E-state index >= 15 is 0 Å². The van der Waals surface area contributed by atoms with Gasteiger partial charge in [-0.3, -0.25) is 4.79 Å². The Hall–Kier alpha value is -2.92. The van der Waals surface area contributed by atoms with Gasteiger partial charge < -0.3 is 10.1 Å². The molecular weight excluding hydrogens is 338 g/mol. The quantitative estimate of drug-likeness (QED) is 0.709. The summed E-state index contributed by atoms with van der Waals surface area (Å²) in [6.45, 7) is 6.68. The molecule has 1 amide bonds. The third-order valence-electron chi connectivity index (χ3n) is 4.09. The molecule has 0 atom stereocenters. The fourth-order valence-electron chi connectivity index (χ4n) is 2.62. The standard InChI is InChI=1S/C22H25N3O2/c1-22(2,3)19-14-20(25(24-19)18-12-8-5-9-13-18)23-21(26)16-27-15-17-10-6-4-7-11-17/h4-14H,15-16H2,1-3H3,(H,23,26). The summed E-state index contributed by atoms with van der Waals surface area (Å²) in [6, 6.07) is 21.5. The van der Waals surface area contributed by atoms with Crippen molar-refractivity contribution in [2.24, 2.45) is 0 Å². The van der Waals surface area contributed by atoms with Crippen molar-refractivity contribution in [2.75, 3.05) is 11.9 Å². The zero-order valence-electron chi connectivity index (χ0n) is 16.0. The fraction of sp³-hybridized carbons (Fsp3) is 0.273. The van der Waals surface area contributed by atoms with Crippen LogP contribution >= 0.6 is 0 Å². The lowest BCUT2D eigenvalue weighted by atomic mass is 9.92. The van der Waals surface area contributed by atoms with E-state index in [1.54, 1.807) is 4.68 Å². The van der Waals surface area contributed by atoms with Gasteiger partial charge in [0, 0.05) is 11.5 Å². The highest BCUT2D eigenvalue weighted by atomic mass is 16.5. The topological polar surface area (TPSA) is 56.1 Å². The van der Waals surface area contributed by atoms with Gasteiger partial charge in [-0.1, -0.05) is 69.3 Å². The van der Waals surface area contributed by atoms with E-state index in [1.165, 1.54) is 0 Å². The van der Waals surface area contributed by atoms with Gasteiger partial charge in [-0.25, -0.2) is 4.68 Å². The van der Waals surface area contributed by atoms with Gasteiger partial charge in [0.2, 0.25) is 0 Å². The minimum absolute atomic E-state index is 0.0142. The van der Waals surface area contributed by atoms with E-state index in [9.17, 15) is 4.79 Å². The average Bonchev–Trinajstić information content (AvgIpc) is 3.07. The zero-order chi connectivity index (χ0) is 19.3. The normalized spacial score (nSPS) is 11.4. The van der Waals surface area contributed by atoms with Crippen molar-refractivity contribution in [3.8, 4) is 5.69 Å². The van der Waals surface area contributed by atoms with Crippen molar-refractivity contribution in [3.05, 3.63) is 78.0 Å². The molecule has 3 aromatic rings. The summed E-state index contributed by atoms with van der Waals surface area (Å²) >= 11 is 0. The molecule has 0 radical (unpaired) electrons. The molecule has 0 aliphatic rings. The molecule has 5 nitrogen and oxygen atoms in total. The second-order valence-electron chi connectivity index (χ2n) is 7.44. The molecular formula is C22H25N3O2. The van der Waals surface area contributed by atoms with Gasteiger partial charge in [0.05, 0.1) is 18.0 Å². The Balaban J connectivity index is 1.71. The maximum absolute atomic E-state index is 12.4. The smallest absolute Gasteiger partial charge is 0.251 e. The molecule has 0 saturated heterocycles. The lowest BCUT2D eigenvalue weighted by molar-refractivity contribution is -0.121. The van der Waals surface area contributed by atoms with Gasteiger partial charge in [-0.15, -0.1) is 0 Å². The summed E-state index contributed by atoms with van der Waals surface area (Å²) < 4.78 is 7.29. The van der Waals surface area contributed by atoms with E-state index < -0.39 is 0 Å². The molecule has 0 bridgehead atoms. The number of hydrogen-bond acceptors (Lipinski definition) is 3. The van der Waals surface area contributed by atoms with Gasteiger partial charge in [0.25, 0.3) is 5.91 Å². The molecule has 5 heteroatoms. The van der Waals surface area contributed by atoms with Crippen LogP contribution in [0.5, 0.6) is 0 Å². The minimum atomic E-state index is -0.205. The molecule has 1 heterocycles. The number of nitrogens with zero attached hydrogens (tertiary/aromatic N) is 2. The van der Waals surface area contributed by atoms with Crippen LogP contribution < -0.4 is 5.32 Å². The van der Waals surface area contributed by atoms with Crippen LogP contribution in [0.2, 0.25) is 0 Å². The van der Waals surface area contributed by atoms with Crippen LogP contribution in [-0.4, -0.2) is 22.3 Å². The Morgan fingerprint density at radius 3 is 2.30 bits per heavy atom. The molecule has 0 aliphatic carbocycles. The van der Waals surface area contributed by atoms with E-state index in [2.05, 4.69) is 26.1 Å². The van der Waals surface area contributed by atoms with Gasteiger partial charge >= 0.3 is 0 Å². The number of rotatable bonds is 6. The Bertz CT molecular complexity index is 881. The molecule has 0 unspecified atom stereocenters. The van der Waals surface area contributed by atoms with Crippen molar-refractivity contribution in [1.29, 1.82) is 0 Å². The maximum atomic E-state index is 12.4. The van der Waals surface area contributed by atoms with Crippen molar-refractivity contribution < 1.29 is 9.53 Å². The summed E-state index contributed by atoms with van der Waals surface area (Å²) in [6.07, 6.45) is 0. The number of aromatic nitrogens is 2. The predicted octanol–water partition coefficient (Wildman–Crippen LogP) is 4.33. The lowest BCUT2D eigenvalue weighted by Gasteiger charge is -2.14. The molecule has 2 aromatic carbocycles. The number of nitrogens with one attached hydrogen (secondary N) is 1. The highest BCUT2D eigenvalue weighted by Gasteiger charge is 2.21. The Labute approximate surface area is 160 Å². The summed E-state index contributed by atoms with van der Waals surface area (Å²) in [4.78, 5) is 12.4. The second kappa shape index (κ2) is 8.18. The third-order valence-corrected chi connectivity index (χ3v) is 4.09. The Kier molecular flexibility index (Phi) is 5.72. The first-order valence-electron chi connectivity index (χ1n) is 9.01. The lowest BCUT2D eigenvalue weighted by Crippen LogP contribution is -2.20. The van der Waals surface area contributed by atoms with Crippen LogP contribution in [0.25, 0.3) is 5.69 Å². The van der Waals surface area contributed by atoms with Crippen molar-refractivity contribution in [3.63, 3.8) is 0 Å². The first-order chi connectivity index (χ1) is 12.9. The van der Waals surface area contributed by atoms with Crippen LogP contribution in [0, 0.1) is 0 Å². The first-order valence-corrected chi connectivity index (χ1v) is 9.01. The van der Waals surface area contributed by atoms with E-state index in [1.807, 2.05) is 66.7 Å². The molecule has 0 aliphatic heterocycles. The summed E-state index contributed by atoms with van der Waals surface area (Å²) in [5.41, 5.74) is 2.72. The number of para-hydroxylation sites is 1. The van der Waals surface area contributed by atoms with Crippen LogP contribution in [0.3, 0.4) is 0 Å².